The lowest BCUT2D eigenvalue weighted by atomic mass is 10.1. The van der Waals surface area contributed by atoms with Crippen LogP contribution in [0.3, 0.4) is 0 Å². The van der Waals surface area contributed by atoms with Gasteiger partial charge in [-0.1, -0.05) is 11.2 Å². The minimum absolute atomic E-state index is 0.0454. The van der Waals surface area contributed by atoms with Crippen molar-refractivity contribution >= 4 is 34.4 Å². The van der Waals surface area contributed by atoms with E-state index in [1.165, 1.54) is 11.3 Å². The highest BCUT2D eigenvalue weighted by molar-refractivity contribution is 7.14. The number of thiophene rings is 2. The van der Waals surface area contributed by atoms with Crippen molar-refractivity contribution in [2.45, 2.75) is 26.3 Å². The first-order valence-corrected chi connectivity index (χ1v) is 11.2. The molecule has 4 rings (SSSR count). The summed E-state index contributed by atoms with van der Waals surface area (Å²) in [4.78, 5) is 36.0. The topological polar surface area (TPSA) is 79.5 Å². The molecular weight excluding hydrogens is 408 g/mol. The van der Waals surface area contributed by atoms with Crippen LogP contribution in [0.15, 0.2) is 34.2 Å². The van der Waals surface area contributed by atoms with Crippen molar-refractivity contribution in [1.82, 2.24) is 19.9 Å². The number of piperazine rings is 1. The Balaban J connectivity index is 1.22. The van der Waals surface area contributed by atoms with Gasteiger partial charge in [-0.2, -0.15) is 4.98 Å². The maximum atomic E-state index is 12.5. The van der Waals surface area contributed by atoms with Crippen LogP contribution in [0.4, 0.5) is 0 Å². The van der Waals surface area contributed by atoms with E-state index in [1.807, 2.05) is 41.5 Å². The summed E-state index contributed by atoms with van der Waals surface area (Å²) in [5, 5.41) is 6.02. The molecule has 152 valence electrons. The monoisotopic (exact) mass is 430 g/mol. The summed E-state index contributed by atoms with van der Waals surface area (Å²) in [6, 6.07) is 7.70. The van der Waals surface area contributed by atoms with Gasteiger partial charge in [0.25, 0.3) is 0 Å². The molecule has 1 fully saturated rings. The summed E-state index contributed by atoms with van der Waals surface area (Å²) < 4.78 is 5.36. The molecule has 0 saturated carbocycles. The van der Waals surface area contributed by atoms with E-state index < -0.39 is 0 Å². The molecule has 3 aromatic heterocycles. The maximum Gasteiger partial charge on any atom is 0.241 e. The minimum atomic E-state index is 0.0454. The first-order valence-electron chi connectivity index (χ1n) is 9.55. The molecule has 9 heteroatoms. The standard InChI is InChI=1S/C20H22N4O3S2/c1-14-4-6-16(29-14)15(25)5-7-19(26)24-10-8-23(9-11-24)13-18-21-20(22-27-18)17-3-2-12-28-17/h2-4,6,12H,5,7-11,13H2,1H3. The zero-order valence-electron chi connectivity index (χ0n) is 16.2. The quantitative estimate of drug-likeness (QED) is 0.534. The Morgan fingerprint density at radius 2 is 1.97 bits per heavy atom. The lowest BCUT2D eigenvalue weighted by Gasteiger charge is -2.34. The summed E-state index contributed by atoms with van der Waals surface area (Å²) in [7, 11) is 0. The normalized spacial score (nSPS) is 15.0. The van der Waals surface area contributed by atoms with Gasteiger partial charge in [0.15, 0.2) is 5.78 Å². The lowest BCUT2D eigenvalue weighted by Crippen LogP contribution is -2.48. The van der Waals surface area contributed by atoms with Crippen LogP contribution in [0.5, 0.6) is 0 Å². The highest BCUT2D eigenvalue weighted by atomic mass is 32.1. The van der Waals surface area contributed by atoms with Crippen LogP contribution in [-0.2, 0) is 11.3 Å². The van der Waals surface area contributed by atoms with Crippen molar-refractivity contribution in [2.75, 3.05) is 26.2 Å². The molecule has 7 nitrogen and oxygen atoms in total. The van der Waals surface area contributed by atoms with Crippen LogP contribution in [0.1, 0.15) is 33.3 Å². The number of hydrogen-bond donors (Lipinski definition) is 0. The summed E-state index contributed by atoms with van der Waals surface area (Å²) in [6.45, 7) is 5.36. The maximum absolute atomic E-state index is 12.5. The van der Waals surface area contributed by atoms with Crippen molar-refractivity contribution in [1.29, 1.82) is 0 Å². The SMILES string of the molecule is Cc1ccc(C(=O)CCC(=O)N2CCN(Cc3nc(-c4cccs4)no3)CC2)s1. The molecule has 1 amide bonds. The Bertz CT molecular complexity index is 972. The molecule has 1 aliphatic heterocycles. The predicted octanol–water partition coefficient (Wildman–Crippen LogP) is 3.48. The molecule has 0 aliphatic carbocycles. The number of carbonyl (C=O) groups is 2. The molecule has 0 spiro atoms. The third-order valence-corrected chi connectivity index (χ3v) is 6.78. The molecule has 1 aliphatic rings. The van der Waals surface area contributed by atoms with Gasteiger partial charge in [-0.25, -0.2) is 0 Å². The molecule has 0 atom stereocenters. The zero-order chi connectivity index (χ0) is 20.2. The highest BCUT2D eigenvalue weighted by Crippen LogP contribution is 2.22. The van der Waals surface area contributed by atoms with Crippen LogP contribution in [-0.4, -0.2) is 57.8 Å². The van der Waals surface area contributed by atoms with Gasteiger partial charge in [0.05, 0.1) is 16.3 Å². The van der Waals surface area contributed by atoms with Crippen molar-refractivity contribution in [3.63, 3.8) is 0 Å². The van der Waals surface area contributed by atoms with Crippen molar-refractivity contribution in [3.05, 3.63) is 45.3 Å². The van der Waals surface area contributed by atoms with Gasteiger partial charge in [0, 0.05) is 43.9 Å². The second-order valence-corrected chi connectivity index (χ2v) is 9.22. The van der Waals surface area contributed by atoms with E-state index in [0.717, 1.165) is 27.7 Å². The van der Waals surface area contributed by atoms with Crippen LogP contribution < -0.4 is 0 Å². The summed E-state index contributed by atoms with van der Waals surface area (Å²) in [6.07, 6.45) is 0.538. The Morgan fingerprint density at radius 3 is 2.66 bits per heavy atom. The lowest BCUT2D eigenvalue weighted by molar-refractivity contribution is -0.133. The number of hydrogen-bond acceptors (Lipinski definition) is 8. The smallest absolute Gasteiger partial charge is 0.241 e. The number of carbonyl (C=O) groups excluding carboxylic acids is 2. The fourth-order valence-corrected chi connectivity index (χ4v) is 4.74. The minimum Gasteiger partial charge on any atom is -0.340 e. The van der Waals surface area contributed by atoms with E-state index in [2.05, 4.69) is 15.0 Å². The Hall–Kier alpha value is -2.36. The van der Waals surface area contributed by atoms with Gasteiger partial charge in [0.2, 0.25) is 17.6 Å². The second kappa shape index (κ2) is 8.98. The number of ketones is 1. The Morgan fingerprint density at radius 1 is 1.14 bits per heavy atom. The van der Waals surface area contributed by atoms with Crippen molar-refractivity contribution < 1.29 is 14.1 Å². The second-order valence-electron chi connectivity index (χ2n) is 6.98. The van der Waals surface area contributed by atoms with Gasteiger partial charge in [-0.05, 0) is 30.5 Å². The average molecular weight is 431 g/mol. The number of nitrogens with zero attached hydrogens (tertiary/aromatic N) is 4. The Kier molecular flexibility index (Phi) is 6.17. The third-order valence-electron chi connectivity index (χ3n) is 4.87. The van der Waals surface area contributed by atoms with Gasteiger partial charge >= 0.3 is 0 Å². The molecule has 0 radical (unpaired) electrons. The van der Waals surface area contributed by atoms with E-state index in [-0.39, 0.29) is 24.5 Å². The molecule has 3 aromatic rings. The van der Waals surface area contributed by atoms with E-state index >= 15 is 0 Å². The van der Waals surface area contributed by atoms with E-state index in [0.29, 0.717) is 31.3 Å². The number of Topliss-reactive ketones (excluding diaryl/α,β-unsaturated/α-hetero) is 1. The molecule has 0 N–H and O–H groups in total. The van der Waals surface area contributed by atoms with Gasteiger partial charge in [-0.15, -0.1) is 22.7 Å². The van der Waals surface area contributed by atoms with Crippen molar-refractivity contribution in [2.24, 2.45) is 0 Å². The first-order chi connectivity index (χ1) is 14.1. The fraction of sp³-hybridized carbons (Fsp3) is 0.400. The van der Waals surface area contributed by atoms with E-state index in [1.54, 1.807) is 11.3 Å². The van der Waals surface area contributed by atoms with Crippen LogP contribution in [0, 0.1) is 6.92 Å². The highest BCUT2D eigenvalue weighted by Gasteiger charge is 2.23. The average Bonchev–Trinajstić information content (AvgIpc) is 3.48. The molecule has 29 heavy (non-hydrogen) atoms. The first kappa shape index (κ1) is 19.9. The Labute approximate surface area is 176 Å². The van der Waals surface area contributed by atoms with E-state index in [9.17, 15) is 9.59 Å². The summed E-state index contributed by atoms with van der Waals surface area (Å²) >= 11 is 3.06. The zero-order valence-corrected chi connectivity index (χ0v) is 17.8. The number of amides is 1. The van der Waals surface area contributed by atoms with Gasteiger partial charge in [0.1, 0.15) is 0 Å². The number of aromatic nitrogens is 2. The summed E-state index contributed by atoms with van der Waals surface area (Å²) in [5.74, 6) is 1.30. The number of rotatable bonds is 7. The van der Waals surface area contributed by atoms with Gasteiger partial charge < -0.3 is 9.42 Å². The van der Waals surface area contributed by atoms with Crippen LogP contribution >= 0.6 is 22.7 Å². The molecule has 1 saturated heterocycles. The largest absolute Gasteiger partial charge is 0.340 e. The fourth-order valence-electron chi connectivity index (χ4n) is 3.26. The van der Waals surface area contributed by atoms with Crippen LogP contribution in [0.25, 0.3) is 10.7 Å². The molecule has 4 heterocycles. The predicted molar refractivity (Wildman–Crippen MR) is 112 cm³/mol. The van der Waals surface area contributed by atoms with E-state index in [4.69, 9.17) is 4.52 Å². The molecule has 0 aromatic carbocycles. The molecule has 0 bridgehead atoms. The van der Waals surface area contributed by atoms with Crippen molar-refractivity contribution in [3.8, 4) is 10.7 Å². The van der Waals surface area contributed by atoms with Gasteiger partial charge in [-0.3, -0.25) is 14.5 Å². The molecular formula is C20H22N4O3S2. The summed E-state index contributed by atoms with van der Waals surface area (Å²) in [5.41, 5.74) is 0. The van der Waals surface area contributed by atoms with Crippen LogP contribution in [0.2, 0.25) is 0 Å². The number of aryl methyl sites for hydroxylation is 1. The third kappa shape index (κ3) is 4.98. The molecule has 0 unspecified atom stereocenters.